The molecule has 1 N–H and O–H groups in total. The van der Waals surface area contributed by atoms with Crippen LogP contribution in [-0.4, -0.2) is 36.4 Å². The Labute approximate surface area is 121 Å². The van der Waals surface area contributed by atoms with Crippen molar-refractivity contribution in [2.75, 3.05) is 20.6 Å². The van der Waals surface area contributed by atoms with Gasteiger partial charge < -0.3 is 10.2 Å². The molecular weight excluding hydrogens is 278 g/mol. The summed E-state index contributed by atoms with van der Waals surface area (Å²) in [6.45, 7) is 0.395. The third-order valence-electron chi connectivity index (χ3n) is 2.53. The van der Waals surface area contributed by atoms with Crippen LogP contribution in [0, 0.1) is 0 Å². The highest BCUT2D eigenvalue weighted by atomic mass is 32.1. The lowest BCUT2D eigenvalue weighted by Crippen LogP contribution is -2.36. The van der Waals surface area contributed by atoms with E-state index in [-0.39, 0.29) is 11.9 Å². The Hall–Kier alpha value is -1.24. The summed E-state index contributed by atoms with van der Waals surface area (Å²) < 4.78 is 0. The molecule has 0 radical (unpaired) electrons. The monoisotopic (exact) mass is 295 g/mol. The lowest BCUT2D eigenvalue weighted by atomic mass is 10.2. The number of carbonyl (C=O) groups excluding carboxylic acids is 1. The lowest BCUT2D eigenvalue weighted by Gasteiger charge is -2.17. The summed E-state index contributed by atoms with van der Waals surface area (Å²) in [7, 11) is 3.77. The third-order valence-corrected chi connectivity index (χ3v) is 4.32. The van der Waals surface area contributed by atoms with E-state index < -0.39 is 0 Å². The van der Waals surface area contributed by atoms with Gasteiger partial charge in [0.25, 0.3) is 0 Å². The van der Waals surface area contributed by atoms with Crippen molar-refractivity contribution in [1.82, 2.24) is 15.2 Å². The minimum absolute atomic E-state index is 0.0294. The van der Waals surface area contributed by atoms with Crippen molar-refractivity contribution in [2.24, 2.45) is 0 Å². The number of amides is 1. The van der Waals surface area contributed by atoms with Crippen molar-refractivity contribution in [3.05, 3.63) is 39.0 Å². The Kier molecular flexibility index (Phi) is 5.07. The molecule has 2 aromatic rings. The number of thiazole rings is 1. The molecule has 0 aliphatic heterocycles. The molecule has 6 heteroatoms. The molecule has 0 unspecified atom stereocenters. The first-order valence-electron chi connectivity index (χ1n) is 6.01. The van der Waals surface area contributed by atoms with Gasteiger partial charge in [0, 0.05) is 22.9 Å². The Morgan fingerprint density at radius 2 is 2.26 bits per heavy atom. The zero-order chi connectivity index (χ0) is 13.7. The van der Waals surface area contributed by atoms with Gasteiger partial charge in [-0.2, -0.15) is 0 Å². The van der Waals surface area contributed by atoms with Gasteiger partial charge in [0.15, 0.2) is 0 Å². The Bertz CT molecular complexity index is 494. The average molecular weight is 295 g/mol. The normalized spacial score (nSPS) is 12.6. The van der Waals surface area contributed by atoms with Crippen molar-refractivity contribution >= 4 is 28.6 Å². The Balaban J connectivity index is 2.04. The topological polar surface area (TPSA) is 45.2 Å². The van der Waals surface area contributed by atoms with Crippen molar-refractivity contribution < 1.29 is 4.79 Å². The quantitative estimate of drug-likeness (QED) is 0.888. The summed E-state index contributed by atoms with van der Waals surface area (Å²) in [4.78, 5) is 19.4. The number of nitrogens with one attached hydrogen (secondary N) is 1. The number of likely N-dealkylation sites (N-methyl/N-ethyl adjacent to an activating group) is 1. The number of hydrogen-bond donors (Lipinski definition) is 1. The average Bonchev–Trinajstić information content (AvgIpc) is 2.99. The molecule has 0 saturated carbocycles. The molecule has 2 rings (SSSR count). The van der Waals surface area contributed by atoms with E-state index in [1.165, 1.54) is 4.88 Å². The van der Waals surface area contributed by atoms with E-state index in [0.29, 0.717) is 6.54 Å². The SMILES string of the molecule is CN(C)CC(=O)N[C@@H](Cc1cccs1)c1nccs1. The van der Waals surface area contributed by atoms with Gasteiger partial charge in [-0.1, -0.05) is 6.07 Å². The minimum Gasteiger partial charge on any atom is -0.345 e. The largest absolute Gasteiger partial charge is 0.345 e. The van der Waals surface area contributed by atoms with E-state index in [1.807, 2.05) is 30.4 Å². The second-order valence-corrected chi connectivity index (χ2v) is 6.47. The molecule has 1 atom stereocenters. The van der Waals surface area contributed by atoms with Crippen LogP contribution < -0.4 is 5.32 Å². The van der Waals surface area contributed by atoms with Crippen LogP contribution in [0.4, 0.5) is 0 Å². The van der Waals surface area contributed by atoms with Gasteiger partial charge in [-0.25, -0.2) is 4.98 Å². The second kappa shape index (κ2) is 6.79. The highest BCUT2D eigenvalue weighted by Crippen LogP contribution is 2.22. The summed E-state index contributed by atoms with van der Waals surface area (Å²) in [6.07, 6.45) is 2.57. The molecule has 0 aromatic carbocycles. The molecule has 0 aliphatic rings. The van der Waals surface area contributed by atoms with E-state index in [2.05, 4.69) is 21.7 Å². The van der Waals surface area contributed by atoms with E-state index in [0.717, 1.165) is 11.4 Å². The fourth-order valence-electron chi connectivity index (χ4n) is 1.76. The predicted molar refractivity (Wildman–Crippen MR) is 79.6 cm³/mol. The third kappa shape index (κ3) is 4.41. The molecule has 2 heterocycles. The van der Waals surface area contributed by atoms with Crippen molar-refractivity contribution in [3.8, 4) is 0 Å². The van der Waals surface area contributed by atoms with Crippen LogP contribution in [0.5, 0.6) is 0 Å². The van der Waals surface area contributed by atoms with E-state index in [9.17, 15) is 4.79 Å². The fraction of sp³-hybridized carbons (Fsp3) is 0.385. The van der Waals surface area contributed by atoms with Gasteiger partial charge in [0.05, 0.1) is 12.6 Å². The highest BCUT2D eigenvalue weighted by molar-refractivity contribution is 7.10. The number of aromatic nitrogens is 1. The molecule has 1 amide bonds. The standard InChI is InChI=1S/C13H17N3OS2/c1-16(2)9-12(17)15-11(13-14-5-7-19-13)8-10-4-3-6-18-10/h3-7,11H,8-9H2,1-2H3,(H,15,17)/t11-/m0/s1. The maximum atomic E-state index is 11.9. The molecule has 0 aliphatic carbocycles. The summed E-state index contributed by atoms with van der Waals surface area (Å²) in [6, 6.07) is 4.08. The molecular formula is C13H17N3OS2. The molecule has 102 valence electrons. The molecule has 2 aromatic heterocycles. The van der Waals surface area contributed by atoms with Crippen LogP contribution in [0.15, 0.2) is 29.1 Å². The first kappa shape index (κ1) is 14.2. The molecule has 19 heavy (non-hydrogen) atoms. The molecule has 0 saturated heterocycles. The number of thiophene rings is 1. The first-order chi connectivity index (χ1) is 9.15. The van der Waals surface area contributed by atoms with Gasteiger partial charge in [-0.05, 0) is 25.5 Å². The van der Waals surface area contributed by atoms with Gasteiger partial charge >= 0.3 is 0 Å². The summed E-state index contributed by atoms with van der Waals surface area (Å²) >= 11 is 3.28. The summed E-state index contributed by atoms with van der Waals surface area (Å²) in [5.41, 5.74) is 0. The maximum Gasteiger partial charge on any atom is 0.234 e. The molecule has 0 fully saturated rings. The van der Waals surface area contributed by atoms with Crippen molar-refractivity contribution in [3.63, 3.8) is 0 Å². The number of hydrogen-bond acceptors (Lipinski definition) is 5. The van der Waals surface area contributed by atoms with Gasteiger partial charge in [0.2, 0.25) is 5.91 Å². The van der Waals surface area contributed by atoms with E-state index in [1.54, 1.807) is 28.9 Å². The number of nitrogens with zero attached hydrogens (tertiary/aromatic N) is 2. The van der Waals surface area contributed by atoms with Crippen LogP contribution >= 0.6 is 22.7 Å². The predicted octanol–water partition coefficient (Wildman–Crippen LogP) is 2.17. The Morgan fingerprint density at radius 1 is 1.42 bits per heavy atom. The van der Waals surface area contributed by atoms with Gasteiger partial charge in [-0.3, -0.25) is 4.79 Å². The lowest BCUT2D eigenvalue weighted by molar-refractivity contribution is -0.122. The molecule has 0 bridgehead atoms. The van der Waals surface area contributed by atoms with Crippen LogP contribution in [0.25, 0.3) is 0 Å². The molecule has 4 nitrogen and oxygen atoms in total. The van der Waals surface area contributed by atoms with Crippen LogP contribution in [0.2, 0.25) is 0 Å². The smallest absolute Gasteiger partial charge is 0.234 e. The number of carbonyl (C=O) groups is 1. The fourth-order valence-corrected chi connectivity index (χ4v) is 3.21. The second-order valence-electron chi connectivity index (χ2n) is 4.51. The zero-order valence-electron chi connectivity index (χ0n) is 11.0. The van der Waals surface area contributed by atoms with Gasteiger partial charge in [0.1, 0.15) is 5.01 Å². The first-order valence-corrected chi connectivity index (χ1v) is 7.77. The minimum atomic E-state index is -0.0360. The van der Waals surface area contributed by atoms with E-state index >= 15 is 0 Å². The van der Waals surface area contributed by atoms with Crippen molar-refractivity contribution in [1.29, 1.82) is 0 Å². The van der Waals surface area contributed by atoms with Crippen LogP contribution in [-0.2, 0) is 11.2 Å². The highest BCUT2D eigenvalue weighted by Gasteiger charge is 2.18. The van der Waals surface area contributed by atoms with Crippen LogP contribution in [0.1, 0.15) is 15.9 Å². The maximum absolute atomic E-state index is 11.9. The zero-order valence-corrected chi connectivity index (χ0v) is 12.6. The summed E-state index contributed by atoms with van der Waals surface area (Å²) in [5.74, 6) is 0.0294. The number of rotatable bonds is 6. The summed E-state index contributed by atoms with van der Waals surface area (Å²) in [5, 5.41) is 8.01. The van der Waals surface area contributed by atoms with Gasteiger partial charge in [-0.15, -0.1) is 22.7 Å². The molecule has 0 spiro atoms. The van der Waals surface area contributed by atoms with Crippen LogP contribution in [0.3, 0.4) is 0 Å². The van der Waals surface area contributed by atoms with Crippen molar-refractivity contribution in [2.45, 2.75) is 12.5 Å². The Morgan fingerprint density at radius 3 is 2.84 bits per heavy atom. The van der Waals surface area contributed by atoms with E-state index in [4.69, 9.17) is 0 Å².